The number of anilines is 1. The summed E-state index contributed by atoms with van der Waals surface area (Å²) < 4.78 is 20.8. The summed E-state index contributed by atoms with van der Waals surface area (Å²) in [6.45, 7) is 0. The first kappa shape index (κ1) is 28.4. The number of aromatic nitrogens is 1. The van der Waals surface area contributed by atoms with Crippen LogP contribution in [0.25, 0.3) is 0 Å². The molecule has 47 heavy (non-hydrogen) atoms. The van der Waals surface area contributed by atoms with Gasteiger partial charge in [0.2, 0.25) is 0 Å². The van der Waals surface area contributed by atoms with E-state index < -0.39 is 0 Å². The first-order valence-corrected chi connectivity index (χ1v) is 18.2. The second-order valence-electron chi connectivity index (χ2n) is 14.8. The first-order valence-electron chi connectivity index (χ1n) is 18.2. The van der Waals surface area contributed by atoms with Gasteiger partial charge in [-0.25, -0.2) is 4.98 Å². The summed E-state index contributed by atoms with van der Waals surface area (Å²) in [7, 11) is 0. The van der Waals surface area contributed by atoms with Gasteiger partial charge in [0.15, 0.2) is 11.6 Å². The van der Waals surface area contributed by atoms with E-state index in [1.807, 2.05) is 12.3 Å². The van der Waals surface area contributed by atoms with Crippen LogP contribution >= 0.6 is 0 Å². The van der Waals surface area contributed by atoms with E-state index in [1.165, 1.54) is 60.9 Å². The van der Waals surface area contributed by atoms with E-state index >= 15 is 0 Å². The second kappa shape index (κ2) is 11.2. The summed E-state index contributed by atoms with van der Waals surface area (Å²) in [5, 5.41) is 0. The predicted octanol–water partition coefficient (Wildman–Crippen LogP) is 8.77. The van der Waals surface area contributed by atoms with Crippen molar-refractivity contribution in [1.29, 1.82) is 0 Å². The maximum absolute atomic E-state index is 7.25. The third kappa shape index (κ3) is 4.31. The molecule has 0 saturated carbocycles. The summed E-state index contributed by atoms with van der Waals surface area (Å²) in [6, 6.07) is 4.23. The fourth-order valence-corrected chi connectivity index (χ4v) is 10.6. The van der Waals surface area contributed by atoms with Crippen LogP contribution < -0.4 is 9.64 Å². The van der Waals surface area contributed by atoms with Crippen LogP contribution in [-0.2, 0) is 9.47 Å². The van der Waals surface area contributed by atoms with Crippen LogP contribution in [0.2, 0.25) is 0 Å². The number of ether oxygens (including phenoxy) is 3. The Bertz CT molecular complexity index is 1750. The molecular weight excluding hydrogens is 580 g/mol. The lowest BCUT2D eigenvalue weighted by molar-refractivity contribution is -0.186. The number of fused-ring (bicyclic) bond motifs is 9. The van der Waals surface area contributed by atoms with Gasteiger partial charge in [0, 0.05) is 35.8 Å². The molecule has 10 rings (SSSR count). The molecule has 1 aromatic rings. The summed E-state index contributed by atoms with van der Waals surface area (Å²) >= 11 is 0. The highest BCUT2D eigenvalue weighted by Crippen LogP contribution is 2.64. The van der Waals surface area contributed by atoms with Crippen LogP contribution in [0.5, 0.6) is 5.75 Å². The minimum Gasteiger partial charge on any atom is -0.456 e. The lowest BCUT2D eigenvalue weighted by atomic mass is 9.46. The van der Waals surface area contributed by atoms with Crippen LogP contribution in [0, 0.1) is 23.2 Å². The molecule has 0 radical (unpaired) electrons. The lowest BCUT2D eigenvalue weighted by Gasteiger charge is -2.64. The number of allylic oxidation sites excluding steroid dienone is 10. The predicted molar refractivity (Wildman–Crippen MR) is 185 cm³/mol. The largest absolute Gasteiger partial charge is 0.456 e. The van der Waals surface area contributed by atoms with Crippen molar-refractivity contribution in [3.05, 3.63) is 125 Å². The smallest absolute Gasteiger partial charge is 0.176 e. The highest BCUT2D eigenvalue weighted by Gasteiger charge is 2.65. The molecule has 6 aliphatic carbocycles. The van der Waals surface area contributed by atoms with Crippen molar-refractivity contribution in [2.24, 2.45) is 23.2 Å². The highest BCUT2D eigenvalue weighted by atomic mass is 16.5. The number of pyridine rings is 1. The van der Waals surface area contributed by atoms with Crippen LogP contribution in [0.4, 0.5) is 5.82 Å². The Morgan fingerprint density at radius 2 is 1.77 bits per heavy atom. The lowest BCUT2D eigenvalue weighted by Crippen LogP contribution is -2.65. The Balaban J connectivity index is 1.10. The third-order valence-corrected chi connectivity index (χ3v) is 12.5. The number of hydrogen-bond donors (Lipinski definition) is 0. The summed E-state index contributed by atoms with van der Waals surface area (Å²) in [4.78, 5) is 7.40. The zero-order chi connectivity index (χ0) is 31.0. The molecule has 9 unspecified atom stereocenters. The summed E-state index contributed by atoms with van der Waals surface area (Å²) in [6.07, 6.45) is 44.5. The Morgan fingerprint density at radius 3 is 2.72 bits per heavy atom. The van der Waals surface area contributed by atoms with Crippen molar-refractivity contribution in [3.63, 3.8) is 0 Å². The molecule has 2 fully saturated rings. The van der Waals surface area contributed by atoms with Crippen molar-refractivity contribution < 1.29 is 14.2 Å². The maximum atomic E-state index is 7.25. The molecule has 1 spiro atoms. The molecule has 5 nitrogen and oxygen atoms in total. The topological polar surface area (TPSA) is 43.8 Å². The van der Waals surface area contributed by atoms with Gasteiger partial charge >= 0.3 is 0 Å². The average Bonchev–Trinajstić information content (AvgIpc) is 3.13. The molecule has 1 aromatic heterocycles. The minimum absolute atomic E-state index is 0.0258. The van der Waals surface area contributed by atoms with E-state index in [2.05, 4.69) is 90.0 Å². The van der Waals surface area contributed by atoms with E-state index in [9.17, 15) is 0 Å². The van der Waals surface area contributed by atoms with Crippen LogP contribution in [0.15, 0.2) is 125 Å². The van der Waals surface area contributed by atoms with Crippen LogP contribution in [-0.4, -0.2) is 35.4 Å². The fraction of sp³-hybridized carbons (Fsp3) is 0.452. The SMILES string of the molecule is C1=CCC2OC3CC(N4C5=C(CCCC5)Oc5cccnc54)C=CC3C3(C2=C1)C1C=CC=CC1OC1C=C(C2=CCCCC2)C=CC13. The molecule has 0 amide bonds. The van der Waals surface area contributed by atoms with Gasteiger partial charge in [-0.2, -0.15) is 0 Å². The molecule has 4 heterocycles. The monoisotopic (exact) mass is 624 g/mol. The standard InChI is InChI=1S/C42H44N2O3/c1-2-11-27(12-3-1)28-20-22-32-39(25-28)45-35-16-7-4-13-30(35)42(32)31-14-5-8-17-36(31)46-40-26-29(21-23-33(40)42)44-34-15-6-9-18-37(34)47-38-19-10-24-43-41(38)44/h4-5,7-8,10-11,13-14,16,19-25,29-30,32-33,35-36,39-40H,1-3,6,9,12,15,17-18,26H2. The third-order valence-electron chi connectivity index (χ3n) is 12.5. The summed E-state index contributed by atoms with van der Waals surface area (Å²) in [5.74, 6) is 3.65. The van der Waals surface area contributed by atoms with Gasteiger partial charge in [0.25, 0.3) is 0 Å². The molecule has 9 atom stereocenters. The Morgan fingerprint density at radius 1 is 0.851 bits per heavy atom. The fourth-order valence-electron chi connectivity index (χ4n) is 10.6. The quantitative estimate of drug-likeness (QED) is 0.308. The molecule has 2 saturated heterocycles. The summed E-state index contributed by atoms with van der Waals surface area (Å²) in [5.41, 5.74) is 5.51. The molecule has 0 bridgehead atoms. The molecule has 240 valence electrons. The molecule has 9 aliphatic rings. The van der Waals surface area contributed by atoms with Gasteiger partial charge in [0.05, 0.1) is 36.2 Å². The molecule has 5 heteroatoms. The van der Waals surface area contributed by atoms with Crippen LogP contribution in [0.3, 0.4) is 0 Å². The Hall–Kier alpha value is -3.67. The van der Waals surface area contributed by atoms with Crippen molar-refractivity contribution in [3.8, 4) is 5.75 Å². The second-order valence-corrected chi connectivity index (χ2v) is 14.8. The highest BCUT2D eigenvalue weighted by molar-refractivity contribution is 5.62. The Kier molecular flexibility index (Phi) is 6.76. The van der Waals surface area contributed by atoms with Crippen molar-refractivity contribution in [2.45, 2.75) is 94.7 Å². The van der Waals surface area contributed by atoms with E-state index in [0.29, 0.717) is 0 Å². The van der Waals surface area contributed by atoms with Gasteiger partial charge in [-0.3, -0.25) is 0 Å². The van der Waals surface area contributed by atoms with Crippen molar-refractivity contribution in [2.75, 3.05) is 4.90 Å². The number of rotatable bonds is 2. The Labute approximate surface area is 278 Å². The van der Waals surface area contributed by atoms with E-state index in [0.717, 1.165) is 43.0 Å². The average molecular weight is 625 g/mol. The van der Waals surface area contributed by atoms with Gasteiger partial charge in [-0.1, -0.05) is 72.9 Å². The maximum Gasteiger partial charge on any atom is 0.176 e. The van der Waals surface area contributed by atoms with E-state index in [-0.39, 0.29) is 53.6 Å². The van der Waals surface area contributed by atoms with Gasteiger partial charge in [-0.15, -0.1) is 0 Å². The molecule has 3 aliphatic heterocycles. The number of hydrogen-bond acceptors (Lipinski definition) is 5. The van der Waals surface area contributed by atoms with Crippen molar-refractivity contribution >= 4 is 5.82 Å². The van der Waals surface area contributed by atoms with E-state index in [1.54, 1.807) is 0 Å². The van der Waals surface area contributed by atoms with Crippen LogP contribution in [0.1, 0.15) is 64.2 Å². The van der Waals surface area contributed by atoms with Gasteiger partial charge in [0.1, 0.15) is 5.76 Å². The van der Waals surface area contributed by atoms with Gasteiger partial charge < -0.3 is 19.1 Å². The molecular formula is C42H44N2O3. The van der Waals surface area contributed by atoms with Gasteiger partial charge in [-0.05, 0) is 92.7 Å². The van der Waals surface area contributed by atoms with Crippen molar-refractivity contribution in [1.82, 2.24) is 4.98 Å². The minimum atomic E-state index is -0.148. The normalized spacial score (nSPS) is 39.4. The first-order chi connectivity index (χ1) is 23.3. The number of nitrogens with zero attached hydrogens (tertiary/aromatic N) is 2. The molecule has 0 N–H and O–H groups in total. The zero-order valence-electron chi connectivity index (χ0n) is 27.0. The molecule has 0 aromatic carbocycles. The zero-order valence-corrected chi connectivity index (χ0v) is 27.0. The van der Waals surface area contributed by atoms with E-state index in [4.69, 9.17) is 19.2 Å².